The summed E-state index contributed by atoms with van der Waals surface area (Å²) in [5.74, 6) is 0.631. The minimum absolute atomic E-state index is 0.0154. The van der Waals surface area contributed by atoms with Crippen LogP contribution in [0.1, 0.15) is 32.6 Å². The highest BCUT2D eigenvalue weighted by molar-refractivity contribution is 5.82. The molecule has 2 rings (SSSR count). The summed E-state index contributed by atoms with van der Waals surface area (Å²) in [6.07, 6.45) is 4.51. The van der Waals surface area contributed by atoms with Crippen molar-refractivity contribution in [1.82, 2.24) is 10.6 Å². The summed E-state index contributed by atoms with van der Waals surface area (Å²) < 4.78 is 5.30. The van der Waals surface area contributed by atoms with E-state index in [0.29, 0.717) is 18.1 Å². The fraction of sp³-hybridized carbons (Fsp3) is 0.917. The largest absolute Gasteiger partial charge is 0.381 e. The van der Waals surface area contributed by atoms with Crippen LogP contribution in [0.4, 0.5) is 0 Å². The molecule has 0 aromatic rings. The molecule has 2 aliphatic rings. The van der Waals surface area contributed by atoms with Gasteiger partial charge in [0.15, 0.2) is 0 Å². The van der Waals surface area contributed by atoms with Crippen molar-refractivity contribution in [1.29, 1.82) is 0 Å². The quantitative estimate of drug-likeness (QED) is 0.743. The third kappa shape index (κ3) is 2.55. The van der Waals surface area contributed by atoms with Crippen molar-refractivity contribution in [3.63, 3.8) is 0 Å². The van der Waals surface area contributed by atoms with Gasteiger partial charge in [-0.3, -0.25) is 4.79 Å². The van der Waals surface area contributed by atoms with E-state index in [9.17, 15) is 4.79 Å². The molecule has 1 aliphatic carbocycles. The number of rotatable bonds is 3. The Morgan fingerprint density at radius 1 is 1.38 bits per heavy atom. The summed E-state index contributed by atoms with van der Waals surface area (Å²) in [4.78, 5) is 12.0. The SMILES string of the molecule is COC1CCC(NC(=O)C2NCCC2C)C1. The Labute approximate surface area is 97.1 Å². The van der Waals surface area contributed by atoms with Gasteiger partial charge in [-0.25, -0.2) is 0 Å². The van der Waals surface area contributed by atoms with E-state index >= 15 is 0 Å². The van der Waals surface area contributed by atoms with Crippen molar-refractivity contribution in [2.45, 2.75) is 50.8 Å². The zero-order valence-corrected chi connectivity index (χ0v) is 10.2. The van der Waals surface area contributed by atoms with Crippen molar-refractivity contribution >= 4 is 5.91 Å². The molecule has 1 amide bonds. The molecule has 92 valence electrons. The topological polar surface area (TPSA) is 50.4 Å². The average molecular weight is 226 g/mol. The second-order valence-corrected chi connectivity index (χ2v) is 5.07. The monoisotopic (exact) mass is 226 g/mol. The molecule has 1 aliphatic heterocycles. The maximum Gasteiger partial charge on any atom is 0.237 e. The highest BCUT2D eigenvalue weighted by Gasteiger charge is 2.32. The predicted molar refractivity (Wildman–Crippen MR) is 62.2 cm³/mol. The smallest absolute Gasteiger partial charge is 0.237 e. The van der Waals surface area contributed by atoms with Gasteiger partial charge in [-0.1, -0.05) is 6.92 Å². The molecule has 4 unspecified atom stereocenters. The second kappa shape index (κ2) is 5.15. The third-order valence-corrected chi connectivity index (χ3v) is 3.88. The van der Waals surface area contributed by atoms with Gasteiger partial charge in [0.25, 0.3) is 0 Å². The van der Waals surface area contributed by atoms with Crippen LogP contribution in [-0.2, 0) is 9.53 Å². The lowest BCUT2D eigenvalue weighted by Crippen LogP contribution is -2.46. The van der Waals surface area contributed by atoms with Gasteiger partial charge in [0.1, 0.15) is 0 Å². The Bertz CT molecular complexity index is 257. The highest BCUT2D eigenvalue weighted by Crippen LogP contribution is 2.22. The molecule has 4 heteroatoms. The molecule has 2 N–H and O–H groups in total. The number of carbonyl (C=O) groups is 1. The first-order chi connectivity index (χ1) is 7.70. The number of amides is 1. The van der Waals surface area contributed by atoms with E-state index in [1.165, 1.54) is 0 Å². The van der Waals surface area contributed by atoms with Gasteiger partial charge in [-0.2, -0.15) is 0 Å². The summed E-state index contributed by atoms with van der Waals surface area (Å²) in [7, 11) is 1.75. The Kier molecular flexibility index (Phi) is 3.82. The maximum absolute atomic E-state index is 12.0. The van der Waals surface area contributed by atoms with Crippen LogP contribution in [0.25, 0.3) is 0 Å². The second-order valence-electron chi connectivity index (χ2n) is 5.07. The van der Waals surface area contributed by atoms with Crippen LogP contribution < -0.4 is 10.6 Å². The van der Waals surface area contributed by atoms with Gasteiger partial charge in [0.2, 0.25) is 5.91 Å². The minimum atomic E-state index is 0.0154. The molecule has 16 heavy (non-hydrogen) atoms. The molecule has 4 nitrogen and oxygen atoms in total. The van der Waals surface area contributed by atoms with Gasteiger partial charge in [0.05, 0.1) is 12.1 Å². The lowest BCUT2D eigenvalue weighted by atomic mass is 10.0. The van der Waals surface area contributed by atoms with E-state index in [1.54, 1.807) is 7.11 Å². The Morgan fingerprint density at radius 2 is 2.19 bits per heavy atom. The first kappa shape index (κ1) is 11.9. The van der Waals surface area contributed by atoms with Crippen LogP contribution in [0.15, 0.2) is 0 Å². The summed E-state index contributed by atoms with van der Waals surface area (Å²) in [6, 6.07) is 0.327. The highest BCUT2D eigenvalue weighted by atomic mass is 16.5. The Balaban J connectivity index is 1.79. The molecule has 4 atom stereocenters. The fourth-order valence-corrected chi connectivity index (χ4v) is 2.76. The molecule has 0 aromatic carbocycles. The van der Waals surface area contributed by atoms with Crippen LogP contribution in [-0.4, -0.2) is 37.7 Å². The van der Waals surface area contributed by atoms with Crippen LogP contribution >= 0.6 is 0 Å². The zero-order chi connectivity index (χ0) is 11.5. The van der Waals surface area contributed by atoms with Gasteiger partial charge < -0.3 is 15.4 Å². The number of carbonyl (C=O) groups excluding carboxylic acids is 1. The number of methoxy groups -OCH3 is 1. The minimum Gasteiger partial charge on any atom is -0.381 e. The normalized spacial score (nSPS) is 38.9. The van der Waals surface area contributed by atoms with E-state index < -0.39 is 0 Å². The van der Waals surface area contributed by atoms with E-state index in [4.69, 9.17) is 4.74 Å². The number of nitrogens with one attached hydrogen (secondary N) is 2. The molecule has 1 saturated heterocycles. The van der Waals surface area contributed by atoms with Crippen LogP contribution in [0.3, 0.4) is 0 Å². The lowest BCUT2D eigenvalue weighted by Gasteiger charge is -2.19. The van der Waals surface area contributed by atoms with Crippen molar-refractivity contribution in [3.05, 3.63) is 0 Å². The van der Waals surface area contributed by atoms with E-state index in [-0.39, 0.29) is 11.9 Å². The molecule has 0 bridgehead atoms. The van der Waals surface area contributed by atoms with E-state index in [1.807, 2.05) is 0 Å². The summed E-state index contributed by atoms with van der Waals surface area (Å²) in [6.45, 7) is 3.10. The lowest BCUT2D eigenvalue weighted by molar-refractivity contribution is -0.124. The molecule has 0 radical (unpaired) electrons. The van der Waals surface area contributed by atoms with E-state index in [0.717, 1.165) is 32.2 Å². The standard InChI is InChI=1S/C12H22N2O2/c1-8-5-6-13-11(8)12(15)14-9-3-4-10(7-9)16-2/h8-11,13H,3-7H2,1-2H3,(H,14,15). The molecular formula is C12H22N2O2. The maximum atomic E-state index is 12.0. The zero-order valence-electron chi connectivity index (χ0n) is 10.2. The fourth-order valence-electron chi connectivity index (χ4n) is 2.76. The summed E-state index contributed by atoms with van der Waals surface area (Å²) >= 11 is 0. The average Bonchev–Trinajstić information content (AvgIpc) is 2.86. The van der Waals surface area contributed by atoms with Crippen molar-refractivity contribution in [2.24, 2.45) is 5.92 Å². The van der Waals surface area contributed by atoms with Gasteiger partial charge in [-0.15, -0.1) is 0 Å². The van der Waals surface area contributed by atoms with Crippen molar-refractivity contribution in [3.8, 4) is 0 Å². The summed E-state index contributed by atoms with van der Waals surface area (Å²) in [5, 5.41) is 6.40. The van der Waals surface area contributed by atoms with E-state index in [2.05, 4.69) is 17.6 Å². The molecule has 0 spiro atoms. The molecule has 0 aromatic heterocycles. The number of ether oxygens (including phenoxy) is 1. The van der Waals surface area contributed by atoms with Crippen LogP contribution in [0, 0.1) is 5.92 Å². The van der Waals surface area contributed by atoms with Gasteiger partial charge in [0, 0.05) is 13.2 Å². The molecule has 1 heterocycles. The number of hydrogen-bond donors (Lipinski definition) is 2. The Morgan fingerprint density at radius 3 is 2.75 bits per heavy atom. The first-order valence-corrected chi connectivity index (χ1v) is 6.27. The van der Waals surface area contributed by atoms with Gasteiger partial charge in [-0.05, 0) is 38.1 Å². The first-order valence-electron chi connectivity index (χ1n) is 6.27. The third-order valence-electron chi connectivity index (χ3n) is 3.88. The summed E-state index contributed by atoms with van der Waals surface area (Å²) in [5.41, 5.74) is 0. The molecular weight excluding hydrogens is 204 g/mol. The Hall–Kier alpha value is -0.610. The van der Waals surface area contributed by atoms with Crippen LogP contribution in [0.2, 0.25) is 0 Å². The molecule has 2 fully saturated rings. The van der Waals surface area contributed by atoms with Crippen molar-refractivity contribution < 1.29 is 9.53 Å². The molecule has 1 saturated carbocycles. The van der Waals surface area contributed by atoms with Crippen LogP contribution in [0.5, 0.6) is 0 Å². The van der Waals surface area contributed by atoms with Gasteiger partial charge >= 0.3 is 0 Å². The number of hydrogen-bond acceptors (Lipinski definition) is 3. The van der Waals surface area contributed by atoms with Crippen molar-refractivity contribution in [2.75, 3.05) is 13.7 Å². The predicted octanol–water partition coefficient (Wildman–Crippen LogP) is 0.668.